The highest BCUT2D eigenvalue weighted by molar-refractivity contribution is 7.25. The second kappa shape index (κ2) is 13.7. The molecule has 10 aromatic rings. The van der Waals surface area contributed by atoms with Gasteiger partial charge in [-0.15, -0.1) is 11.3 Å². The van der Waals surface area contributed by atoms with Crippen LogP contribution in [0.2, 0.25) is 0 Å². The zero-order chi connectivity index (χ0) is 35.8. The van der Waals surface area contributed by atoms with Gasteiger partial charge in [-0.1, -0.05) is 158 Å². The molecular formula is C52H35NS. The van der Waals surface area contributed by atoms with E-state index < -0.39 is 0 Å². The molecule has 1 aromatic heterocycles. The minimum atomic E-state index is 1.10. The Labute approximate surface area is 319 Å². The fourth-order valence-electron chi connectivity index (χ4n) is 7.81. The molecule has 0 saturated carbocycles. The molecule has 0 fully saturated rings. The van der Waals surface area contributed by atoms with Crippen LogP contribution in [-0.2, 0) is 0 Å². The zero-order valence-corrected chi connectivity index (χ0v) is 30.4. The number of benzene rings is 9. The van der Waals surface area contributed by atoms with E-state index in [1.54, 1.807) is 0 Å². The predicted molar refractivity (Wildman–Crippen MR) is 233 cm³/mol. The molecule has 0 aliphatic carbocycles. The van der Waals surface area contributed by atoms with E-state index in [1.807, 2.05) is 11.3 Å². The third-order valence-electron chi connectivity index (χ3n) is 10.5. The SMILES string of the molecule is c1ccc(-c2ccc(N(c3ccc(-c4ccc5sc6ccccc6c5c4)cc3)c3ccccc3-c3cccc(-c4cccc5ccccc45)c3)cc2)cc1. The van der Waals surface area contributed by atoms with E-state index in [-0.39, 0.29) is 0 Å². The van der Waals surface area contributed by atoms with Crippen molar-refractivity contribution in [2.24, 2.45) is 0 Å². The Morgan fingerprint density at radius 1 is 0.296 bits per heavy atom. The number of hydrogen-bond acceptors (Lipinski definition) is 2. The monoisotopic (exact) mass is 705 g/mol. The van der Waals surface area contributed by atoms with Gasteiger partial charge >= 0.3 is 0 Å². The summed E-state index contributed by atoms with van der Waals surface area (Å²) in [5.74, 6) is 0. The van der Waals surface area contributed by atoms with Gasteiger partial charge in [0.25, 0.3) is 0 Å². The third kappa shape index (κ3) is 5.84. The maximum absolute atomic E-state index is 2.40. The van der Waals surface area contributed by atoms with Gasteiger partial charge in [0.05, 0.1) is 5.69 Å². The van der Waals surface area contributed by atoms with Gasteiger partial charge in [-0.25, -0.2) is 0 Å². The second-order valence-electron chi connectivity index (χ2n) is 13.7. The van der Waals surface area contributed by atoms with E-state index in [0.717, 1.165) is 17.1 Å². The number of thiophene rings is 1. The lowest BCUT2D eigenvalue weighted by molar-refractivity contribution is 1.28. The lowest BCUT2D eigenvalue weighted by Crippen LogP contribution is -2.11. The van der Waals surface area contributed by atoms with Crippen LogP contribution in [0.5, 0.6) is 0 Å². The summed E-state index contributed by atoms with van der Waals surface area (Å²) in [4.78, 5) is 2.40. The molecule has 0 aliphatic heterocycles. The number of anilines is 3. The molecule has 0 N–H and O–H groups in total. The molecule has 0 spiro atoms. The van der Waals surface area contributed by atoms with Crippen LogP contribution in [0, 0.1) is 0 Å². The Morgan fingerprint density at radius 2 is 0.815 bits per heavy atom. The van der Waals surface area contributed by atoms with Crippen molar-refractivity contribution in [1.29, 1.82) is 0 Å². The highest BCUT2D eigenvalue weighted by Gasteiger charge is 2.18. The van der Waals surface area contributed by atoms with Gasteiger partial charge in [-0.05, 0) is 104 Å². The highest BCUT2D eigenvalue weighted by Crippen LogP contribution is 2.43. The Hall–Kier alpha value is -6.74. The smallest absolute Gasteiger partial charge is 0.0540 e. The van der Waals surface area contributed by atoms with Gasteiger partial charge in [0.2, 0.25) is 0 Å². The molecular weight excluding hydrogens is 671 g/mol. The zero-order valence-electron chi connectivity index (χ0n) is 29.6. The van der Waals surface area contributed by atoms with E-state index in [0.29, 0.717) is 0 Å². The summed E-state index contributed by atoms with van der Waals surface area (Å²) < 4.78 is 2.65. The van der Waals surface area contributed by atoms with Crippen molar-refractivity contribution in [1.82, 2.24) is 0 Å². The fourth-order valence-corrected chi connectivity index (χ4v) is 8.90. The maximum atomic E-state index is 2.40. The van der Waals surface area contributed by atoms with Gasteiger partial charge in [0, 0.05) is 37.1 Å². The van der Waals surface area contributed by atoms with E-state index in [4.69, 9.17) is 0 Å². The summed E-state index contributed by atoms with van der Waals surface area (Å²) in [6.07, 6.45) is 0. The largest absolute Gasteiger partial charge is 0.310 e. The van der Waals surface area contributed by atoms with Crippen molar-refractivity contribution in [2.75, 3.05) is 4.90 Å². The van der Waals surface area contributed by atoms with Gasteiger partial charge in [-0.3, -0.25) is 0 Å². The van der Waals surface area contributed by atoms with Gasteiger partial charge in [0.15, 0.2) is 0 Å². The topological polar surface area (TPSA) is 3.24 Å². The molecule has 0 radical (unpaired) electrons. The molecule has 254 valence electrons. The van der Waals surface area contributed by atoms with Crippen molar-refractivity contribution in [3.63, 3.8) is 0 Å². The summed E-state index contributed by atoms with van der Waals surface area (Å²) in [6, 6.07) is 77.2. The molecule has 9 aromatic carbocycles. The molecule has 54 heavy (non-hydrogen) atoms. The Balaban J connectivity index is 1.08. The number of rotatable bonds is 7. The minimum absolute atomic E-state index is 1.10. The molecule has 0 saturated heterocycles. The highest BCUT2D eigenvalue weighted by atomic mass is 32.1. The van der Waals surface area contributed by atoms with E-state index >= 15 is 0 Å². The fraction of sp³-hybridized carbons (Fsp3) is 0. The first-order valence-corrected chi connectivity index (χ1v) is 19.2. The van der Waals surface area contributed by atoms with Crippen molar-refractivity contribution < 1.29 is 0 Å². The molecule has 0 amide bonds. The van der Waals surface area contributed by atoms with Crippen LogP contribution in [0.1, 0.15) is 0 Å². The van der Waals surface area contributed by atoms with E-state index in [9.17, 15) is 0 Å². The average molecular weight is 706 g/mol. The second-order valence-corrected chi connectivity index (χ2v) is 14.8. The van der Waals surface area contributed by atoms with Gasteiger partial charge < -0.3 is 4.90 Å². The summed E-state index contributed by atoms with van der Waals surface area (Å²) in [6.45, 7) is 0. The quantitative estimate of drug-likeness (QED) is 0.160. The molecule has 1 heterocycles. The third-order valence-corrected chi connectivity index (χ3v) is 11.6. The first kappa shape index (κ1) is 32.0. The number of fused-ring (bicyclic) bond motifs is 4. The van der Waals surface area contributed by atoms with Crippen molar-refractivity contribution in [3.8, 4) is 44.5 Å². The van der Waals surface area contributed by atoms with E-state index in [1.165, 1.54) is 75.5 Å². The standard InChI is InChI=1S/C52H35NS/c1-2-12-36(13-3-1)37-24-29-43(30-25-37)53(44-31-26-38(27-32-44)40-28-33-52-49(35-40)48-20-7-9-23-51(48)54-52)50-22-8-6-19-47(50)42-17-10-16-41(34-42)46-21-11-15-39-14-4-5-18-45(39)46/h1-35H. The molecule has 0 aliphatic rings. The predicted octanol–water partition coefficient (Wildman–Crippen LogP) is 15.3. The number of hydrogen-bond donors (Lipinski definition) is 0. The Bertz CT molecular complexity index is 2920. The molecule has 2 heteroatoms. The molecule has 1 nitrogen and oxygen atoms in total. The molecule has 10 rings (SSSR count). The Morgan fingerprint density at radius 3 is 1.61 bits per heavy atom. The Kier molecular flexibility index (Phi) is 8.09. The first-order chi connectivity index (χ1) is 26.8. The lowest BCUT2D eigenvalue weighted by Gasteiger charge is -2.28. The normalized spacial score (nSPS) is 11.3. The molecule has 0 atom stereocenters. The number of nitrogens with zero attached hydrogens (tertiary/aromatic N) is 1. The van der Waals surface area contributed by atoms with Crippen molar-refractivity contribution >= 4 is 59.3 Å². The van der Waals surface area contributed by atoms with Crippen molar-refractivity contribution in [3.05, 3.63) is 212 Å². The lowest BCUT2D eigenvalue weighted by atomic mass is 9.94. The summed E-state index contributed by atoms with van der Waals surface area (Å²) in [7, 11) is 0. The van der Waals surface area contributed by atoms with E-state index in [2.05, 4.69) is 217 Å². The van der Waals surface area contributed by atoms with Gasteiger partial charge in [0.1, 0.15) is 0 Å². The van der Waals surface area contributed by atoms with Crippen LogP contribution in [0.4, 0.5) is 17.1 Å². The van der Waals surface area contributed by atoms with Crippen LogP contribution in [0.25, 0.3) is 75.5 Å². The van der Waals surface area contributed by atoms with Crippen LogP contribution in [-0.4, -0.2) is 0 Å². The summed E-state index contributed by atoms with van der Waals surface area (Å²) >= 11 is 1.86. The average Bonchev–Trinajstić information content (AvgIpc) is 3.63. The number of para-hydroxylation sites is 1. The van der Waals surface area contributed by atoms with Gasteiger partial charge in [-0.2, -0.15) is 0 Å². The summed E-state index contributed by atoms with van der Waals surface area (Å²) in [5, 5.41) is 5.15. The van der Waals surface area contributed by atoms with Crippen LogP contribution >= 0.6 is 11.3 Å². The van der Waals surface area contributed by atoms with Crippen molar-refractivity contribution in [2.45, 2.75) is 0 Å². The summed E-state index contributed by atoms with van der Waals surface area (Å²) in [5.41, 5.74) is 13.0. The maximum Gasteiger partial charge on any atom is 0.0540 e. The first-order valence-electron chi connectivity index (χ1n) is 18.4. The van der Waals surface area contributed by atoms with Crippen LogP contribution < -0.4 is 4.90 Å². The minimum Gasteiger partial charge on any atom is -0.310 e. The van der Waals surface area contributed by atoms with Crippen LogP contribution in [0.3, 0.4) is 0 Å². The molecule has 0 bridgehead atoms. The van der Waals surface area contributed by atoms with Crippen LogP contribution in [0.15, 0.2) is 212 Å². The molecule has 0 unspecified atom stereocenters.